The van der Waals surface area contributed by atoms with Crippen molar-refractivity contribution in [2.75, 3.05) is 0 Å². The van der Waals surface area contributed by atoms with Gasteiger partial charge in [-0.2, -0.15) is 5.10 Å². The monoisotopic (exact) mass is 394 g/mol. The zero-order chi connectivity index (χ0) is 20.0. The van der Waals surface area contributed by atoms with Gasteiger partial charge in [0.05, 0.1) is 17.6 Å². The van der Waals surface area contributed by atoms with E-state index >= 15 is 0 Å². The maximum atomic E-state index is 14.1. The maximum Gasteiger partial charge on any atom is 0.200 e. The number of aromatic nitrogens is 2. The summed E-state index contributed by atoms with van der Waals surface area (Å²) in [5.41, 5.74) is -0.283. The SMILES string of the molecule is OCc1ccc(-c2nn(Cc3c(F)c(F)c(F)c(F)c3F)c3ccccc23)o1. The second kappa shape index (κ2) is 6.75. The first-order valence-electron chi connectivity index (χ1n) is 8.08. The van der Waals surface area contributed by atoms with Gasteiger partial charge in [-0.3, -0.25) is 4.68 Å². The molecule has 4 rings (SSSR count). The highest BCUT2D eigenvalue weighted by molar-refractivity contribution is 5.92. The summed E-state index contributed by atoms with van der Waals surface area (Å²) < 4.78 is 75.0. The van der Waals surface area contributed by atoms with Crippen LogP contribution in [0, 0.1) is 29.1 Å². The van der Waals surface area contributed by atoms with Crippen LogP contribution >= 0.6 is 0 Å². The Kier molecular flexibility index (Phi) is 4.38. The minimum atomic E-state index is -2.21. The van der Waals surface area contributed by atoms with Gasteiger partial charge in [0.25, 0.3) is 0 Å². The molecular formula is C19H11F5N2O2. The van der Waals surface area contributed by atoms with Crippen molar-refractivity contribution < 1.29 is 31.5 Å². The van der Waals surface area contributed by atoms with E-state index in [9.17, 15) is 22.0 Å². The predicted octanol–water partition coefficient (Wildman–Crippen LogP) is 4.53. The number of furan rings is 1. The van der Waals surface area contributed by atoms with Crippen LogP contribution in [0.1, 0.15) is 11.3 Å². The fourth-order valence-corrected chi connectivity index (χ4v) is 2.96. The summed E-state index contributed by atoms with van der Waals surface area (Å²) in [6.07, 6.45) is 0. The highest BCUT2D eigenvalue weighted by Gasteiger charge is 2.27. The average molecular weight is 394 g/mol. The lowest BCUT2D eigenvalue weighted by molar-refractivity contribution is 0.248. The summed E-state index contributed by atoms with van der Waals surface area (Å²) >= 11 is 0. The molecule has 0 bridgehead atoms. The van der Waals surface area contributed by atoms with E-state index in [1.165, 1.54) is 6.07 Å². The zero-order valence-electron chi connectivity index (χ0n) is 14.0. The molecule has 0 spiro atoms. The summed E-state index contributed by atoms with van der Waals surface area (Å²) in [7, 11) is 0. The number of benzene rings is 2. The molecule has 0 saturated carbocycles. The van der Waals surface area contributed by atoms with Gasteiger partial charge in [0.1, 0.15) is 18.1 Å². The largest absolute Gasteiger partial charge is 0.457 e. The number of fused-ring (bicyclic) bond motifs is 1. The molecule has 2 aromatic carbocycles. The lowest BCUT2D eigenvalue weighted by atomic mass is 10.1. The fourth-order valence-electron chi connectivity index (χ4n) is 2.96. The van der Waals surface area contributed by atoms with Crippen LogP contribution in [0.2, 0.25) is 0 Å². The summed E-state index contributed by atoms with van der Waals surface area (Å²) in [6, 6.07) is 9.70. The van der Waals surface area contributed by atoms with E-state index in [-0.39, 0.29) is 18.1 Å². The fraction of sp³-hybridized carbons (Fsp3) is 0.105. The van der Waals surface area contributed by atoms with E-state index in [1.807, 2.05) is 0 Å². The number of hydrogen-bond acceptors (Lipinski definition) is 3. The lowest BCUT2D eigenvalue weighted by Gasteiger charge is -2.09. The standard InChI is InChI=1S/C19H11F5N2O2/c20-14-11(15(21)17(23)18(24)16(14)22)7-26-12-4-2-1-3-10(12)19(25-26)13-6-5-9(8-27)28-13/h1-6,27H,7-8H2. The van der Waals surface area contributed by atoms with Gasteiger partial charge >= 0.3 is 0 Å². The molecule has 2 aromatic heterocycles. The third kappa shape index (κ3) is 2.75. The summed E-state index contributed by atoms with van der Waals surface area (Å²) in [5, 5.41) is 13.9. The van der Waals surface area contributed by atoms with Gasteiger partial charge in [-0.25, -0.2) is 22.0 Å². The van der Waals surface area contributed by atoms with E-state index in [1.54, 1.807) is 30.3 Å². The van der Waals surface area contributed by atoms with Crippen molar-refractivity contribution in [2.24, 2.45) is 0 Å². The third-order valence-electron chi connectivity index (χ3n) is 4.32. The van der Waals surface area contributed by atoms with Crippen LogP contribution in [0.25, 0.3) is 22.4 Å². The second-order valence-electron chi connectivity index (χ2n) is 6.00. The molecule has 9 heteroatoms. The summed E-state index contributed by atoms with van der Waals surface area (Å²) in [5.74, 6) is -9.47. The van der Waals surface area contributed by atoms with Crippen molar-refractivity contribution in [2.45, 2.75) is 13.2 Å². The molecule has 4 nitrogen and oxygen atoms in total. The highest BCUT2D eigenvalue weighted by Crippen LogP contribution is 2.31. The number of nitrogens with zero attached hydrogens (tertiary/aromatic N) is 2. The van der Waals surface area contributed by atoms with Gasteiger partial charge in [-0.1, -0.05) is 18.2 Å². The number of aliphatic hydroxyl groups is 1. The Bertz CT molecular complexity index is 1170. The Morgan fingerprint density at radius 2 is 1.50 bits per heavy atom. The van der Waals surface area contributed by atoms with E-state index < -0.39 is 41.2 Å². The first-order chi connectivity index (χ1) is 13.4. The van der Waals surface area contributed by atoms with Gasteiger partial charge < -0.3 is 9.52 Å². The molecule has 0 atom stereocenters. The molecular weight excluding hydrogens is 383 g/mol. The van der Waals surface area contributed by atoms with E-state index in [2.05, 4.69) is 5.10 Å². The number of halogens is 5. The zero-order valence-corrected chi connectivity index (χ0v) is 14.0. The van der Waals surface area contributed by atoms with Crippen molar-refractivity contribution in [1.82, 2.24) is 9.78 Å². The van der Waals surface area contributed by atoms with Gasteiger partial charge in [-0.05, 0) is 18.2 Å². The lowest BCUT2D eigenvalue weighted by Crippen LogP contribution is -2.12. The number of para-hydroxylation sites is 1. The first kappa shape index (κ1) is 18.2. The molecule has 0 aliphatic heterocycles. The molecule has 4 aromatic rings. The molecule has 0 radical (unpaired) electrons. The van der Waals surface area contributed by atoms with Crippen LogP contribution in [0.15, 0.2) is 40.8 Å². The van der Waals surface area contributed by atoms with Crippen LogP contribution in [0.5, 0.6) is 0 Å². The summed E-state index contributed by atoms with van der Waals surface area (Å²) in [6.45, 7) is -1.01. The Hall–Kier alpha value is -3.20. The van der Waals surface area contributed by atoms with Crippen molar-refractivity contribution in [3.8, 4) is 11.5 Å². The van der Waals surface area contributed by atoms with Crippen molar-refractivity contribution >= 4 is 10.9 Å². The summed E-state index contributed by atoms with van der Waals surface area (Å²) in [4.78, 5) is 0. The van der Waals surface area contributed by atoms with Gasteiger partial charge in [0.15, 0.2) is 29.0 Å². The highest BCUT2D eigenvalue weighted by atomic mass is 19.2. The third-order valence-corrected chi connectivity index (χ3v) is 4.32. The van der Waals surface area contributed by atoms with Gasteiger partial charge in [-0.15, -0.1) is 0 Å². The molecule has 0 aliphatic rings. The quantitative estimate of drug-likeness (QED) is 0.314. The maximum absolute atomic E-state index is 14.1. The number of aliphatic hydroxyl groups excluding tert-OH is 1. The minimum Gasteiger partial charge on any atom is -0.457 e. The molecule has 0 aliphatic carbocycles. The van der Waals surface area contributed by atoms with Gasteiger partial charge in [0.2, 0.25) is 5.82 Å². The van der Waals surface area contributed by atoms with Crippen LogP contribution in [0.4, 0.5) is 22.0 Å². The molecule has 0 amide bonds. The number of hydrogen-bond donors (Lipinski definition) is 1. The van der Waals surface area contributed by atoms with E-state index in [4.69, 9.17) is 9.52 Å². The topological polar surface area (TPSA) is 51.2 Å². The smallest absolute Gasteiger partial charge is 0.200 e. The molecule has 1 N–H and O–H groups in total. The predicted molar refractivity (Wildman–Crippen MR) is 88.7 cm³/mol. The van der Waals surface area contributed by atoms with Crippen LogP contribution in [-0.4, -0.2) is 14.9 Å². The second-order valence-corrected chi connectivity index (χ2v) is 6.00. The van der Waals surface area contributed by atoms with Crippen molar-refractivity contribution in [3.63, 3.8) is 0 Å². The average Bonchev–Trinajstić information content (AvgIpc) is 3.33. The Labute approximate surface area is 154 Å². The minimum absolute atomic E-state index is 0.286. The Morgan fingerprint density at radius 1 is 0.857 bits per heavy atom. The molecule has 0 unspecified atom stereocenters. The molecule has 28 heavy (non-hydrogen) atoms. The van der Waals surface area contributed by atoms with Crippen molar-refractivity contribution in [3.05, 3.63) is 76.8 Å². The Balaban J connectivity index is 1.88. The number of rotatable bonds is 4. The van der Waals surface area contributed by atoms with Crippen LogP contribution in [-0.2, 0) is 13.2 Å². The molecule has 0 fully saturated rings. The van der Waals surface area contributed by atoms with Gasteiger partial charge in [0, 0.05) is 5.39 Å². The normalized spacial score (nSPS) is 11.5. The molecule has 0 saturated heterocycles. The van der Waals surface area contributed by atoms with E-state index in [0.29, 0.717) is 16.6 Å². The van der Waals surface area contributed by atoms with Crippen LogP contribution < -0.4 is 0 Å². The first-order valence-corrected chi connectivity index (χ1v) is 8.08. The molecule has 2 heterocycles. The molecule has 144 valence electrons. The van der Waals surface area contributed by atoms with Crippen LogP contribution in [0.3, 0.4) is 0 Å². The Morgan fingerprint density at radius 3 is 2.14 bits per heavy atom. The van der Waals surface area contributed by atoms with E-state index in [0.717, 1.165) is 4.68 Å². The van der Waals surface area contributed by atoms with Crippen molar-refractivity contribution in [1.29, 1.82) is 0 Å².